The van der Waals surface area contributed by atoms with E-state index >= 15 is 0 Å². The van der Waals surface area contributed by atoms with Gasteiger partial charge < -0.3 is 15.5 Å². The average molecular weight is 399 g/mol. The molecule has 3 aromatic rings. The molecule has 0 saturated heterocycles. The van der Waals surface area contributed by atoms with Crippen LogP contribution in [0.3, 0.4) is 0 Å². The van der Waals surface area contributed by atoms with E-state index < -0.39 is 0 Å². The van der Waals surface area contributed by atoms with E-state index in [1.165, 1.54) is 5.56 Å². The number of para-hydroxylation sites is 2. The molecule has 5 heteroatoms. The third-order valence-electron chi connectivity index (χ3n) is 5.41. The maximum absolute atomic E-state index is 12.9. The number of hydrogen-bond acceptors (Lipinski definition) is 3. The van der Waals surface area contributed by atoms with Crippen LogP contribution in [0.2, 0.25) is 0 Å². The second kappa shape index (κ2) is 8.82. The van der Waals surface area contributed by atoms with Crippen LogP contribution < -0.4 is 15.5 Å². The first-order valence-corrected chi connectivity index (χ1v) is 10.2. The first-order valence-electron chi connectivity index (χ1n) is 10.2. The Morgan fingerprint density at radius 3 is 2.47 bits per heavy atom. The van der Waals surface area contributed by atoms with Gasteiger partial charge in [0.1, 0.15) is 0 Å². The molecule has 0 aliphatic carbocycles. The largest absolute Gasteiger partial charge is 0.362 e. The summed E-state index contributed by atoms with van der Waals surface area (Å²) >= 11 is 0. The van der Waals surface area contributed by atoms with Crippen molar-refractivity contribution in [1.29, 1.82) is 0 Å². The van der Waals surface area contributed by atoms with Crippen LogP contribution >= 0.6 is 0 Å². The number of hydrogen-bond donors (Lipinski definition) is 2. The Hall–Kier alpha value is -3.60. The van der Waals surface area contributed by atoms with E-state index in [1.807, 2.05) is 61.5 Å². The molecular weight excluding hydrogens is 374 g/mol. The van der Waals surface area contributed by atoms with Crippen LogP contribution in [-0.4, -0.2) is 24.9 Å². The monoisotopic (exact) mass is 399 g/mol. The van der Waals surface area contributed by atoms with Gasteiger partial charge in [-0.3, -0.25) is 9.59 Å². The highest BCUT2D eigenvalue weighted by molar-refractivity contribution is 6.04. The molecule has 30 heavy (non-hydrogen) atoms. The van der Waals surface area contributed by atoms with Crippen molar-refractivity contribution in [3.05, 3.63) is 95.6 Å². The minimum Gasteiger partial charge on any atom is -0.362 e. The van der Waals surface area contributed by atoms with Gasteiger partial charge in [0, 0.05) is 12.2 Å². The maximum atomic E-state index is 12.9. The molecule has 4 rings (SSSR count). The zero-order chi connectivity index (χ0) is 20.9. The molecule has 2 N–H and O–H groups in total. The van der Waals surface area contributed by atoms with E-state index in [0.29, 0.717) is 11.3 Å². The van der Waals surface area contributed by atoms with Gasteiger partial charge in [-0.25, -0.2) is 0 Å². The molecule has 1 atom stereocenters. The summed E-state index contributed by atoms with van der Waals surface area (Å²) in [6.45, 7) is 3.02. The van der Waals surface area contributed by atoms with Gasteiger partial charge in [-0.1, -0.05) is 60.7 Å². The first kappa shape index (κ1) is 19.7. The van der Waals surface area contributed by atoms with E-state index in [2.05, 4.69) is 21.6 Å². The smallest absolute Gasteiger partial charge is 0.253 e. The molecule has 0 bridgehead atoms. The normalized spacial score (nSPS) is 13.4. The van der Waals surface area contributed by atoms with E-state index in [1.54, 1.807) is 18.2 Å². The molecular formula is C25H25N3O2. The van der Waals surface area contributed by atoms with Crippen LogP contribution in [0.5, 0.6) is 0 Å². The van der Waals surface area contributed by atoms with Crippen molar-refractivity contribution in [3.63, 3.8) is 0 Å². The molecule has 3 aromatic carbocycles. The Balaban J connectivity index is 1.43. The molecule has 2 amide bonds. The van der Waals surface area contributed by atoms with Crippen LogP contribution in [0.15, 0.2) is 78.9 Å². The van der Waals surface area contributed by atoms with Gasteiger partial charge in [0.2, 0.25) is 5.91 Å². The van der Waals surface area contributed by atoms with Crippen LogP contribution in [0.1, 0.15) is 34.5 Å². The van der Waals surface area contributed by atoms with Crippen molar-refractivity contribution in [2.75, 3.05) is 23.3 Å². The van der Waals surface area contributed by atoms with Crippen molar-refractivity contribution in [2.24, 2.45) is 0 Å². The highest BCUT2D eigenvalue weighted by atomic mass is 16.2. The Kier molecular flexibility index (Phi) is 5.80. The second-order valence-corrected chi connectivity index (χ2v) is 7.50. The van der Waals surface area contributed by atoms with Gasteiger partial charge in [-0.2, -0.15) is 0 Å². The summed E-state index contributed by atoms with van der Waals surface area (Å²) in [5, 5.41) is 5.93. The summed E-state index contributed by atoms with van der Waals surface area (Å²) in [6, 6.07) is 24.9. The molecule has 152 valence electrons. The number of benzene rings is 3. The van der Waals surface area contributed by atoms with E-state index in [9.17, 15) is 9.59 Å². The number of nitrogens with zero attached hydrogens (tertiary/aromatic N) is 1. The van der Waals surface area contributed by atoms with Gasteiger partial charge in [0.15, 0.2) is 0 Å². The predicted octanol–water partition coefficient (Wildman–Crippen LogP) is 4.18. The zero-order valence-corrected chi connectivity index (χ0v) is 17.0. The SMILES string of the molecule is CC(NC(=O)c1ccccc1NC(=O)CN1CCc2ccccc21)c1ccccc1. The number of carbonyl (C=O) groups excluding carboxylic acids is 2. The molecule has 0 radical (unpaired) electrons. The molecule has 0 aromatic heterocycles. The van der Waals surface area contributed by atoms with E-state index in [-0.39, 0.29) is 24.4 Å². The third kappa shape index (κ3) is 4.35. The number of anilines is 2. The number of nitrogens with one attached hydrogen (secondary N) is 2. The Labute approximate surface area is 176 Å². The Morgan fingerprint density at radius 2 is 1.63 bits per heavy atom. The number of fused-ring (bicyclic) bond motifs is 1. The van der Waals surface area contributed by atoms with Crippen LogP contribution in [0.25, 0.3) is 0 Å². The van der Waals surface area contributed by atoms with Gasteiger partial charge in [0.25, 0.3) is 5.91 Å². The molecule has 0 saturated carbocycles. The zero-order valence-electron chi connectivity index (χ0n) is 17.0. The molecule has 0 fully saturated rings. The van der Waals surface area contributed by atoms with Crippen LogP contribution in [-0.2, 0) is 11.2 Å². The summed E-state index contributed by atoms with van der Waals surface area (Å²) in [5.74, 6) is -0.350. The third-order valence-corrected chi connectivity index (χ3v) is 5.41. The lowest BCUT2D eigenvalue weighted by molar-refractivity contribution is -0.115. The van der Waals surface area contributed by atoms with Gasteiger partial charge in [0.05, 0.1) is 23.8 Å². The van der Waals surface area contributed by atoms with Crippen molar-refractivity contribution >= 4 is 23.2 Å². The minimum atomic E-state index is -0.214. The highest BCUT2D eigenvalue weighted by Crippen LogP contribution is 2.27. The van der Waals surface area contributed by atoms with Crippen molar-refractivity contribution in [2.45, 2.75) is 19.4 Å². The molecule has 1 unspecified atom stereocenters. The van der Waals surface area contributed by atoms with Gasteiger partial charge in [-0.05, 0) is 42.7 Å². The number of amides is 2. The number of carbonyl (C=O) groups is 2. The van der Waals surface area contributed by atoms with Gasteiger partial charge >= 0.3 is 0 Å². The maximum Gasteiger partial charge on any atom is 0.253 e. The minimum absolute atomic E-state index is 0.136. The average Bonchev–Trinajstić information content (AvgIpc) is 3.17. The quantitative estimate of drug-likeness (QED) is 0.654. The molecule has 1 heterocycles. The molecule has 1 aliphatic heterocycles. The van der Waals surface area contributed by atoms with Crippen molar-refractivity contribution in [3.8, 4) is 0 Å². The van der Waals surface area contributed by atoms with Crippen molar-refractivity contribution in [1.82, 2.24) is 5.32 Å². The fourth-order valence-corrected chi connectivity index (χ4v) is 3.82. The van der Waals surface area contributed by atoms with Crippen molar-refractivity contribution < 1.29 is 9.59 Å². The van der Waals surface area contributed by atoms with Gasteiger partial charge in [-0.15, -0.1) is 0 Å². The van der Waals surface area contributed by atoms with Crippen LogP contribution in [0, 0.1) is 0 Å². The first-order chi connectivity index (χ1) is 14.6. The molecule has 0 spiro atoms. The van der Waals surface area contributed by atoms with Crippen LogP contribution in [0.4, 0.5) is 11.4 Å². The lowest BCUT2D eigenvalue weighted by Gasteiger charge is -2.20. The fourth-order valence-electron chi connectivity index (χ4n) is 3.82. The topological polar surface area (TPSA) is 61.4 Å². The fraction of sp³-hybridized carbons (Fsp3) is 0.200. The second-order valence-electron chi connectivity index (χ2n) is 7.50. The summed E-state index contributed by atoms with van der Waals surface area (Å²) in [5.41, 5.74) is 4.37. The Morgan fingerprint density at radius 1 is 0.933 bits per heavy atom. The summed E-state index contributed by atoms with van der Waals surface area (Å²) < 4.78 is 0. The summed E-state index contributed by atoms with van der Waals surface area (Å²) in [6.07, 6.45) is 0.944. The molecule has 1 aliphatic rings. The Bertz CT molecular complexity index is 1050. The van der Waals surface area contributed by atoms with E-state index in [0.717, 1.165) is 24.2 Å². The highest BCUT2D eigenvalue weighted by Gasteiger charge is 2.21. The predicted molar refractivity (Wildman–Crippen MR) is 120 cm³/mol. The van der Waals surface area contributed by atoms with E-state index in [4.69, 9.17) is 0 Å². The standard InChI is InChI=1S/C25H25N3O2/c1-18(19-9-3-2-4-10-19)26-25(30)21-12-6-7-13-22(21)27-24(29)17-28-16-15-20-11-5-8-14-23(20)28/h2-14,18H,15-17H2,1H3,(H,26,30)(H,27,29). The summed E-state index contributed by atoms with van der Waals surface area (Å²) in [4.78, 5) is 27.7. The number of rotatable bonds is 6. The molecule has 5 nitrogen and oxygen atoms in total. The summed E-state index contributed by atoms with van der Waals surface area (Å²) in [7, 11) is 0. The lowest BCUT2D eigenvalue weighted by Crippen LogP contribution is -2.33. The lowest BCUT2D eigenvalue weighted by atomic mass is 10.1.